The Kier molecular flexibility index (Phi) is 4.36. The van der Waals surface area contributed by atoms with Crippen LogP contribution in [0.3, 0.4) is 0 Å². The molecule has 1 aromatic carbocycles. The maximum atomic E-state index is 11.4. The van der Waals surface area contributed by atoms with E-state index in [2.05, 4.69) is 29.2 Å². The van der Waals surface area contributed by atoms with Gasteiger partial charge in [0, 0.05) is 18.8 Å². The van der Waals surface area contributed by atoms with Crippen molar-refractivity contribution in [1.29, 1.82) is 0 Å². The molecule has 0 N–H and O–H groups in total. The Labute approximate surface area is 128 Å². The van der Waals surface area contributed by atoms with Gasteiger partial charge in [-0.2, -0.15) is 0 Å². The molecule has 4 heteroatoms. The van der Waals surface area contributed by atoms with Crippen LogP contribution in [0.25, 0.3) is 0 Å². The van der Waals surface area contributed by atoms with E-state index in [0.717, 1.165) is 6.54 Å². The summed E-state index contributed by atoms with van der Waals surface area (Å²) >= 11 is 0. The van der Waals surface area contributed by atoms with E-state index in [4.69, 9.17) is 0 Å². The summed E-state index contributed by atoms with van der Waals surface area (Å²) in [5, 5.41) is 0. The van der Waals surface area contributed by atoms with Gasteiger partial charge in [-0.05, 0) is 55.7 Å². The Morgan fingerprint density at radius 2 is 2.00 bits per heavy atom. The van der Waals surface area contributed by atoms with E-state index >= 15 is 0 Å². The average Bonchev–Trinajstić information content (AvgIpc) is 2.92. The largest absolute Gasteiger partial charge is 0.299 e. The first kappa shape index (κ1) is 15.0. The van der Waals surface area contributed by atoms with Crippen LogP contribution >= 0.6 is 0 Å². The average molecular weight is 307 g/mol. The highest BCUT2D eigenvalue weighted by atomic mass is 32.2. The van der Waals surface area contributed by atoms with Gasteiger partial charge in [-0.25, -0.2) is 8.42 Å². The van der Waals surface area contributed by atoms with Crippen molar-refractivity contribution < 1.29 is 8.42 Å². The van der Waals surface area contributed by atoms with Gasteiger partial charge in [0.25, 0.3) is 0 Å². The monoisotopic (exact) mass is 307 g/mol. The summed E-state index contributed by atoms with van der Waals surface area (Å²) in [5.41, 5.74) is 3.02. The van der Waals surface area contributed by atoms with E-state index in [1.807, 2.05) is 0 Å². The third-order valence-corrected chi connectivity index (χ3v) is 5.97. The molecule has 1 saturated heterocycles. The van der Waals surface area contributed by atoms with Crippen LogP contribution in [0.15, 0.2) is 24.3 Å². The third kappa shape index (κ3) is 3.49. The molecule has 3 nitrogen and oxygen atoms in total. The highest BCUT2D eigenvalue weighted by Gasteiger charge is 2.34. The van der Waals surface area contributed by atoms with Gasteiger partial charge in [0.05, 0.1) is 5.75 Å². The third-order valence-electron chi connectivity index (χ3n) is 5.04. The molecule has 1 aliphatic heterocycles. The van der Waals surface area contributed by atoms with Gasteiger partial charge in [-0.3, -0.25) is 4.90 Å². The van der Waals surface area contributed by atoms with Crippen LogP contribution in [-0.4, -0.2) is 44.5 Å². The lowest BCUT2D eigenvalue weighted by atomic mass is 9.78. The quantitative estimate of drug-likeness (QED) is 0.858. The molecule has 1 aromatic rings. The molecule has 2 atom stereocenters. The first-order valence-electron chi connectivity index (χ1n) is 8.04. The smallest absolute Gasteiger partial charge is 0.148 e. The van der Waals surface area contributed by atoms with Crippen molar-refractivity contribution in [3.8, 4) is 0 Å². The van der Waals surface area contributed by atoms with E-state index in [9.17, 15) is 8.42 Å². The predicted octanol–water partition coefficient (Wildman–Crippen LogP) is 2.62. The number of likely N-dealkylation sites (tertiary alicyclic amines) is 1. The fraction of sp³-hybridized carbons (Fsp3) is 0.647. The van der Waals surface area contributed by atoms with Crippen LogP contribution < -0.4 is 0 Å². The van der Waals surface area contributed by atoms with Gasteiger partial charge in [0.1, 0.15) is 9.84 Å². The molecule has 116 valence electrons. The van der Waals surface area contributed by atoms with E-state index in [1.165, 1.54) is 49.5 Å². The summed E-state index contributed by atoms with van der Waals surface area (Å²) in [6.45, 7) is 1.75. The Morgan fingerprint density at radius 1 is 1.19 bits per heavy atom. The topological polar surface area (TPSA) is 37.4 Å². The van der Waals surface area contributed by atoms with Gasteiger partial charge in [0.2, 0.25) is 0 Å². The van der Waals surface area contributed by atoms with Crippen molar-refractivity contribution in [1.82, 2.24) is 4.90 Å². The minimum absolute atomic E-state index is 0.290. The van der Waals surface area contributed by atoms with Crippen LogP contribution in [0.5, 0.6) is 0 Å². The standard InChI is InChI=1S/C17H25NO2S/c1-21(19,20)13-12-18-11-5-10-17(18)16-9-4-7-14-6-2-3-8-15(14)16/h2-3,6,8,16-17H,4-5,7,9-13H2,1H3. The Balaban J connectivity index is 1.77. The SMILES string of the molecule is CS(=O)(=O)CCN1CCCC1C1CCCc2ccccc21. The molecule has 0 amide bonds. The zero-order valence-electron chi connectivity index (χ0n) is 12.8. The van der Waals surface area contributed by atoms with Crippen LogP contribution in [0.1, 0.15) is 42.7 Å². The second-order valence-electron chi connectivity index (χ2n) is 6.57. The molecular formula is C17H25NO2S. The minimum atomic E-state index is -2.87. The van der Waals surface area contributed by atoms with Crippen molar-refractivity contribution in [2.45, 2.75) is 44.1 Å². The molecule has 2 unspecified atom stereocenters. The molecule has 0 spiro atoms. The molecule has 0 radical (unpaired) electrons. The fourth-order valence-electron chi connectivity index (χ4n) is 4.06. The summed E-state index contributed by atoms with van der Waals surface area (Å²) < 4.78 is 22.9. The van der Waals surface area contributed by atoms with Gasteiger partial charge in [-0.1, -0.05) is 24.3 Å². The van der Waals surface area contributed by atoms with Crippen molar-refractivity contribution in [3.63, 3.8) is 0 Å². The maximum Gasteiger partial charge on any atom is 0.148 e. The molecule has 0 aromatic heterocycles. The lowest BCUT2D eigenvalue weighted by molar-refractivity contribution is 0.223. The van der Waals surface area contributed by atoms with Crippen molar-refractivity contribution in [3.05, 3.63) is 35.4 Å². The predicted molar refractivity (Wildman–Crippen MR) is 86.4 cm³/mol. The second-order valence-corrected chi connectivity index (χ2v) is 8.83. The fourth-order valence-corrected chi connectivity index (χ4v) is 4.63. The highest BCUT2D eigenvalue weighted by Crippen LogP contribution is 2.39. The molecule has 3 rings (SSSR count). The number of benzene rings is 1. The molecule has 2 aliphatic rings. The molecule has 0 saturated carbocycles. The van der Waals surface area contributed by atoms with Crippen LogP contribution in [0.4, 0.5) is 0 Å². The van der Waals surface area contributed by atoms with Crippen LogP contribution in [0.2, 0.25) is 0 Å². The van der Waals surface area contributed by atoms with E-state index in [0.29, 0.717) is 18.5 Å². The summed E-state index contributed by atoms with van der Waals surface area (Å²) in [5.74, 6) is 0.884. The maximum absolute atomic E-state index is 11.4. The van der Waals surface area contributed by atoms with Crippen LogP contribution in [0, 0.1) is 0 Å². The lowest BCUT2D eigenvalue weighted by Gasteiger charge is -2.35. The number of hydrogen-bond donors (Lipinski definition) is 0. The first-order valence-corrected chi connectivity index (χ1v) is 10.1. The van der Waals surface area contributed by atoms with Gasteiger partial charge in [-0.15, -0.1) is 0 Å². The Bertz CT molecular complexity index is 597. The van der Waals surface area contributed by atoms with E-state index < -0.39 is 9.84 Å². The summed E-state index contributed by atoms with van der Waals surface area (Å²) in [7, 11) is -2.87. The molecular weight excluding hydrogens is 282 g/mol. The van der Waals surface area contributed by atoms with Crippen molar-refractivity contribution in [2.75, 3.05) is 25.1 Å². The zero-order chi connectivity index (χ0) is 14.9. The number of rotatable bonds is 4. The number of hydrogen-bond acceptors (Lipinski definition) is 3. The highest BCUT2D eigenvalue weighted by molar-refractivity contribution is 7.90. The molecule has 1 heterocycles. The van der Waals surface area contributed by atoms with Crippen molar-refractivity contribution >= 4 is 9.84 Å². The van der Waals surface area contributed by atoms with Gasteiger partial charge < -0.3 is 0 Å². The van der Waals surface area contributed by atoms with Crippen molar-refractivity contribution in [2.24, 2.45) is 0 Å². The zero-order valence-corrected chi connectivity index (χ0v) is 13.6. The molecule has 21 heavy (non-hydrogen) atoms. The van der Waals surface area contributed by atoms with Gasteiger partial charge in [0.15, 0.2) is 0 Å². The number of aryl methyl sites for hydroxylation is 1. The molecule has 1 fully saturated rings. The van der Waals surface area contributed by atoms with E-state index in [1.54, 1.807) is 0 Å². The molecule has 1 aliphatic carbocycles. The summed E-state index contributed by atoms with van der Waals surface area (Å²) in [4.78, 5) is 2.42. The summed E-state index contributed by atoms with van der Waals surface area (Å²) in [6, 6.07) is 9.36. The normalized spacial score (nSPS) is 26.7. The number of nitrogens with zero attached hydrogens (tertiary/aromatic N) is 1. The van der Waals surface area contributed by atoms with Crippen LogP contribution in [-0.2, 0) is 16.3 Å². The lowest BCUT2D eigenvalue weighted by Crippen LogP contribution is -2.38. The summed E-state index contributed by atoms with van der Waals surface area (Å²) in [6.07, 6.45) is 7.46. The molecule has 0 bridgehead atoms. The van der Waals surface area contributed by atoms with E-state index in [-0.39, 0.29) is 5.75 Å². The second kappa shape index (κ2) is 6.09. The minimum Gasteiger partial charge on any atom is -0.299 e. The number of sulfone groups is 1. The Morgan fingerprint density at radius 3 is 2.81 bits per heavy atom. The number of fused-ring (bicyclic) bond motifs is 1. The first-order chi connectivity index (χ1) is 10.0. The Hall–Kier alpha value is -0.870. The van der Waals surface area contributed by atoms with Gasteiger partial charge >= 0.3 is 0 Å².